The van der Waals surface area contributed by atoms with Crippen LogP contribution in [0.4, 0.5) is 8.78 Å². The molecule has 0 saturated carbocycles. The highest BCUT2D eigenvalue weighted by Gasteiger charge is 2.11. The summed E-state index contributed by atoms with van der Waals surface area (Å²) in [5, 5.41) is 8.74. The minimum Gasteiger partial charge on any atom is -0.493 e. The summed E-state index contributed by atoms with van der Waals surface area (Å²) in [5.41, 5.74) is 2.30. The van der Waals surface area contributed by atoms with Crippen LogP contribution in [0.3, 0.4) is 0 Å². The number of halogens is 2. The molecule has 0 spiro atoms. The van der Waals surface area contributed by atoms with Gasteiger partial charge in [0.05, 0.1) is 6.61 Å². The summed E-state index contributed by atoms with van der Waals surface area (Å²) < 4.78 is 33.4. The van der Waals surface area contributed by atoms with E-state index < -0.39 is 17.2 Å². The van der Waals surface area contributed by atoms with E-state index in [2.05, 4.69) is 25.7 Å². The average Bonchev–Trinajstić information content (AvgIpc) is 2.64. The van der Waals surface area contributed by atoms with Gasteiger partial charge >= 0.3 is 0 Å². The second-order valence-electron chi connectivity index (χ2n) is 6.98. The third-order valence-electron chi connectivity index (χ3n) is 4.75. The molecule has 0 N–H and O–H groups in total. The molecular formula is C24H25F2NO. The topological polar surface area (TPSA) is 33.0 Å². The van der Waals surface area contributed by atoms with E-state index in [4.69, 9.17) is 10.00 Å². The summed E-state index contributed by atoms with van der Waals surface area (Å²) in [4.78, 5) is 0. The van der Waals surface area contributed by atoms with Gasteiger partial charge in [0.15, 0.2) is 0 Å². The second kappa shape index (κ2) is 9.90. The molecule has 28 heavy (non-hydrogen) atoms. The van der Waals surface area contributed by atoms with Crippen molar-refractivity contribution >= 4 is 0 Å². The molecule has 1 atom stereocenters. The molecule has 2 nitrogen and oxygen atoms in total. The van der Waals surface area contributed by atoms with Crippen LogP contribution in [0.15, 0.2) is 24.3 Å². The Morgan fingerprint density at radius 3 is 2.07 bits per heavy atom. The second-order valence-corrected chi connectivity index (χ2v) is 6.98. The fourth-order valence-corrected chi connectivity index (χ4v) is 3.12. The van der Waals surface area contributed by atoms with Crippen LogP contribution in [0.2, 0.25) is 0 Å². The molecule has 0 aliphatic rings. The standard InChI is InChI=1S/C24H25F2NO/c1-5-7-18(6-2)15-28-20-10-16(3)21(17(4)11-20)9-8-19-12-23(25)22(14-27)24(26)13-19/h10-13,18H,5-7,15H2,1-4H3. The van der Waals surface area contributed by atoms with E-state index >= 15 is 0 Å². The van der Waals surface area contributed by atoms with Gasteiger partial charge in [0.1, 0.15) is 29.0 Å². The molecule has 0 aromatic heterocycles. The Morgan fingerprint density at radius 1 is 0.964 bits per heavy atom. The average molecular weight is 381 g/mol. The Balaban J connectivity index is 2.23. The van der Waals surface area contributed by atoms with Crippen molar-refractivity contribution < 1.29 is 13.5 Å². The third kappa shape index (κ3) is 5.33. The molecule has 146 valence electrons. The molecule has 0 amide bonds. The lowest BCUT2D eigenvalue weighted by Crippen LogP contribution is -2.11. The number of nitriles is 1. The van der Waals surface area contributed by atoms with Crippen LogP contribution in [-0.4, -0.2) is 6.61 Å². The Bertz CT molecular complexity index is 901. The van der Waals surface area contributed by atoms with E-state index in [1.807, 2.05) is 26.0 Å². The van der Waals surface area contributed by atoms with Crippen molar-refractivity contribution in [3.05, 3.63) is 63.7 Å². The van der Waals surface area contributed by atoms with Crippen molar-refractivity contribution in [1.82, 2.24) is 0 Å². The highest BCUT2D eigenvalue weighted by atomic mass is 19.1. The molecule has 2 rings (SSSR count). The smallest absolute Gasteiger partial charge is 0.145 e. The fourth-order valence-electron chi connectivity index (χ4n) is 3.12. The van der Waals surface area contributed by atoms with E-state index in [1.54, 1.807) is 0 Å². The first-order valence-corrected chi connectivity index (χ1v) is 9.54. The number of aryl methyl sites for hydroxylation is 2. The SMILES string of the molecule is CCCC(CC)COc1cc(C)c(C#Cc2cc(F)c(C#N)c(F)c2)c(C)c1. The molecule has 2 aromatic rings. The molecule has 1 unspecified atom stereocenters. The highest BCUT2D eigenvalue weighted by molar-refractivity contribution is 5.53. The van der Waals surface area contributed by atoms with Gasteiger partial charge in [0, 0.05) is 11.1 Å². The van der Waals surface area contributed by atoms with Crippen molar-refractivity contribution in [1.29, 1.82) is 5.26 Å². The maximum atomic E-state index is 13.7. The van der Waals surface area contributed by atoms with E-state index in [0.717, 1.165) is 53.8 Å². The number of ether oxygens (including phenoxy) is 1. The molecule has 0 heterocycles. The van der Waals surface area contributed by atoms with Crippen LogP contribution >= 0.6 is 0 Å². The minimum atomic E-state index is -0.901. The summed E-state index contributed by atoms with van der Waals surface area (Å²) >= 11 is 0. The lowest BCUT2D eigenvalue weighted by atomic mass is 10.0. The predicted molar refractivity (Wildman–Crippen MR) is 107 cm³/mol. The maximum Gasteiger partial charge on any atom is 0.145 e. The number of hydrogen-bond donors (Lipinski definition) is 0. The van der Waals surface area contributed by atoms with Crippen molar-refractivity contribution in [2.24, 2.45) is 5.92 Å². The van der Waals surface area contributed by atoms with Crippen LogP contribution in [0.25, 0.3) is 0 Å². The van der Waals surface area contributed by atoms with Crippen LogP contribution in [0.1, 0.15) is 60.9 Å². The summed E-state index contributed by atoms with van der Waals surface area (Å²) in [6, 6.07) is 7.55. The quantitative estimate of drug-likeness (QED) is 0.570. The minimum absolute atomic E-state index is 0.193. The molecule has 4 heteroatoms. The van der Waals surface area contributed by atoms with Gasteiger partial charge in [0.25, 0.3) is 0 Å². The predicted octanol–water partition coefficient (Wildman–Crippen LogP) is 6.06. The van der Waals surface area contributed by atoms with Gasteiger partial charge in [-0.25, -0.2) is 8.78 Å². The van der Waals surface area contributed by atoms with Gasteiger partial charge in [-0.05, 0) is 61.6 Å². The van der Waals surface area contributed by atoms with E-state index in [1.165, 1.54) is 6.07 Å². The monoisotopic (exact) mass is 381 g/mol. The molecule has 0 aliphatic heterocycles. The van der Waals surface area contributed by atoms with Crippen molar-refractivity contribution in [3.63, 3.8) is 0 Å². The Labute approximate surface area is 166 Å². The van der Waals surface area contributed by atoms with Crippen molar-refractivity contribution in [3.8, 4) is 23.7 Å². The van der Waals surface area contributed by atoms with E-state index in [0.29, 0.717) is 12.5 Å². The largest absolute Gasteiger partial charge is 0.493 e. The molecule has 0 aliphatic carbocycles. The molecule has 0 bridgehead atoms. The Morgan fingerprint density at radius 2 is 1.57 bits per heavy atom. The van der Waals surface area contributed by atoms with Crippen LogP contribution in [0.5, 0.6) is 5.75 Å². The summed E-state index contributed by atoms with van der Waals surface area (Å²) in [6.07, 6.45) is 3.38. The summed E-state index contributed by atoms with van der Waals surface area (Å²) in [6.45, 7) is 8.92. The molecule has 2 aromatic carbocycles. The Hall–Kier alpha value is -2.85. The van der Waals surface area contributed by atoms with Gasteiger partial charge < -0.3 is 4.74 Å². The molecule has 0 radical (unpaired) electrons. The van der Waals surface area contributed by atoms with Gasteiger partial charge in [-0.15, -0.1) is 0 Å². The third-order valence-corrected chi connectivity index (χ3v) is 4.75. The number of rotatable bonds is 6. The zero-order valence-electron chi connectivity index (χ0n) is 16.8. The molecule has 0 fully saturated rings. The van der Waals surface area contributed by atoms with Gasteiger partial charge in [-0.2, -0.15) is 5.26 Å². The lowest BCUT2D eigenvalue weighted by Gasteiger charge is -2.16. The Kier molecular flexibility index (Phi) is 7.59. The first-order valence-electron chi connectivity index (χ1n) is 9.54. The number of benzene rings is 2. The summed E-state index contributed by atoms with van der Waals surface area (Å²) in [7, 11) is 0. The van der Waals surface area contributed by atoms with E-state index in [9.17, 15) is 8.78 Å². The first kappa shape index (κ1) is 21.5. The fraction of sp³-hybridized carbons (Fsp3) is 0.375. The van der Waals surface area contributed by atoms with Crippen molar-refractivity contribution in [2.75, 3.05) is 6.61 Å². The normalized spacial score (nSPS) is 11.3. The van der Waals surface area contributed by atoms with E-state index in [-0.39, 0.29) is 5.56 Å². The van der Waals surface area contributed by atoms with Crippen LogP contribution < -0.4 is 4.74 Å². The zero-order valence-corrected chi connectivity index (χ0v) is 16.8. The molecular weight excluding hydrogens is 356 g/mol. The maximum absolute atomic E-state index is 13.7. The van der Waals surface area contributed by atoms with Crippen LogP contribution in [0, 0.1) is 54.6 Å². The van der Waals surface area contributed by atoms with Gasteiger partial charge in [-0.3, -0.25) is 0 Å². The van der Waals surface area contributed by atoms with Crippen molar-refractivity contribution in [2.45, 2.75) is 47.0 Å². The first-order chi connectivity index (χ1) is 13.4. The lowest BCUT2D eigenvalue weighted by molar-refractivity contribution is 0.235. The summed E-state index contributed by atoms with van der Waals surface area (Å²) in [5.74, 6) is 5.34. The van der Waals surface area contributed by atoms with Gasteiger partial charge in [0.2, 0.25) is 0 Å². The van der Waals surface area contributed by atoms with Crippen LogP contribution in [-0.2, 0) is 0 Å². The highest BCUT2D eigenvalue weighted by Crippen LogP contribution is 2.23. The number of nitrogens with zero attached hydrogens (tertiary/aromatic N) is 1. The van der Waals surface area contributed by atoms with Gasteiger partial charge in [-0.1, -0.05) is 38.5 Å². The number of hydrogen-bond acceptors (Lipinski definition) is 2. The zero-order chi connectivity index (χ0) is 20.7. The molecule has 0 saturated heterocycles.